The number of nitrogens with zero attached hydrogens (tertiary/aromatic N) is 5. The summed E-state index contributed by atoms with van der Waals surface area (Å²) in [6, 6.07) is 15.5. The van der Waals surface area contributed by atoms with E-state index < -0.39 is 12.1 Å². The highest BCUT2D eigenvalue weighted by Gasteiger charge is 2.54. The van der Waals surface area contributed by atoms with Crippen LogP contribution in [0.1, 0.15) is 36.8 Å². The Morgan fingerprint density at radius 3 is 2.41 bits per heavy atom. The van der Waals surface area contributed by atoms with E-state index in [0.717, 1.165) is 11.1 Å². The molecule has 2 aliphatic rings. The minimum absolute atomic E-state index is 0.228. The molecular formula is C24H23N5O3. The minimum atomic E-state index is -0.840. The summed E-state index contributed by atoms with van der Waals surface area (Å²) in [6.45, 7) is 6.24. The van der Waals surface area contributed by atoms with E-state index in [1.54, 1.807) is 0 Å². The standard InChI is InChI=1S/C24H23N5O3/c1-14(2)16-9-11-18(12-10-16)29-23(30)20-21(24(29)31)28(27-26-20)13-19-15(3)32-22(25-19)17-7-5-4-6-8-17/h4-12,14,20-21H,13H2,1-3H3/t20-,21-/m1/s1. The van der Waals surface area contributed by atoms with Crippen molar-refractivity contribution < 1.29 is 14.0 Å². The van der Waals surface area contributed by atoms with Crippen molar-refractivity contribution in [2.75, 3.05) is 4.90 Å². The predicted octanol–water partition coefficient (Wildman–Crippen LogP) is 4.27. The number of fused-ring (bicyclic) bond motifs is 1. The number of oxazole rings is 1. The Kier molecular flexibility index (Phi) is 4.84. The zero-order valence-electron chi connectivity index (χ0n) is 18.1. The average molecular weight is 429 g/mol. The quantitative estimate of drug-likeness (QED) is 0.565. The van der Waals surface area contributed by atoms with E-state index in [2.05, 4.69) is 29.2 Å². The molecule has 0 bridgehead atoms. The van der Waals surface area contributed by atoms with Gasteiger partial charge in [-0.3, -0.25) is 14.6 Å². The minimum Gasteiger partial charge on any atom is -0.441 e. The van der Waals surface area contributed by atoms with Gasteiger partial charge < -0.3 is 4.42 Å². The molecule has 32 heavy (non-hydrogen) atoms. The van der Waals surface area contributed by atoms with Crippen LogP contribution >= 0.6 is 0 Å². The average Bonchev–Trinajstić information content (AvgIpc) is 3.45. The molecule has 0 N–H and O–H groups in total. The molecule has 0 unspecified atom stereocenters. The number of aryl methyl sites for hydroxylation is 1. The summed E-state index contributed by atoms with van der Waals surface area (Å²) < 4.78 is 5.82. The Labute approximate surface area is 185 Å². The molecule has 3 heterocycles. The van der Waals surface area contributed by atoms with Crippen LogP contribution in [0.15, 0.2) is 69.4 Å². The normalized spacial score (nSPS) is 20.0. The van der Waals surface area contributed by atoms with Crippen LogP contribution in [-0.2, 0) is 16.1 Å². The Morgan fingerprint density at radius 2 is 1.72 bits per heavy atom. The van der Waals surface area contributed by atoms with E-state index in [1.165, 1.54) is 9.91 Å². The Bertz CT molecular complexity index is 1200. The number of amides is 2. The molecule has 0 spiro atoms. The number of anilines is 1. The van der Waals surface area contributed by atoms with Crippen LogP contribution in [-0.4, -0.2) is 33.9 Å². The van der Waals surface area contributed by atoms with Gasteiger partial charge in [0.25, 0.3) is 11.8 Å². The highest BCUT2D eigenvalue weighted by atomic mass is 16.4. The maximum atomic E-state index is 13.2. The zero-order valence-corrected chi connectivity index (χ0v) is 18.1. The Morgan fingerprint density at radius 1 is 1.00 bits per heavy atom. The van der Waals surface area contributed by atoms with Crippen LogP contribution in [0.25, 0.3) is 11.5 Å². The highest BCUT2D eigenvalue weighted by Crippen LogP contribution is 2.34. The second kappa shape index (κ2) is 7.71. The lowest BCUT2D eigenvalue weighted by Crippen LogP contribution is -2.39. The van der Waals surface area contributed by atoms with Gasteiger partial charge in [-0.25, -0.2) is 9.88 Å². The number of benzene rings is 2. The number of carbonyl (C=O) groups is 2. The van der Waals surface area contributed by atoms with Crippen molar-refractivity contribution >= 4 is 17.5 Å². The van der Waals surface area contributed by atoms with Gasteiger partial charge >= 0.3 is 0 Å². The molecule has 2 aliphatic heterocycles. The van der Waals surface area contributed by atoms with Crippen LogP contribution in [0.3, 0.4) is 0 Å². The second-order valence-electron chi connectivity index (χ2n) is 8.34. The smallest absolute Gasteiger partial charge is 0.263 e. The number of carbonyl (C=O) groups excluding carboxylic acids is 2. The second-order valence-corrected chi connectivity index (χ2v) is 8.34. The number of hydrogen-bond donors (Lipinski definition) is 0. The van der Waals surface area contributed by atoms with Crippen molar-refractivity contribution in [3.8, 4) is 11.5 Å². The van der Waals surface area contributed by atoms with Gasteiger partial charge in [0.05, 0.1) is 12.2 Å². The lowest BCUT2D eigenvalue weighted by atomic mass is 10.0. The van der Waals surface area contributed by atoms with Gasteiger partial charge in [0.15, 0.2) is 12.1 Å². The van der Waals surface area contributed by atoms with E-state index in [4.69, 9.17) is 4.42 Å². The molecule has 1 fully saturated rings. The van der Waals surface area contributed by atoms with Gasteiger partial charge in [0.1, 0.15) is 11.5 Å². The third-order valence-corrected chi connectivity index (χ3v) is 5.90. The predicted molar refractivity (Wildman–Crippen MR) is 118 cm³/mol. The summed E-state index contributed by atoms with van der Waals surface area (Å²) in [5, 5.41) is 9.75. The fourth-order valence-corrected chi connectivity index (χ4v) is 4.05. The Balaban J connectivity index is 1.38. The van der Waals surface area contributed by atoms with Crippen molar-refractivity contribution in [1.29, 1.82) is 0 Å². The Hall–Kier alpha value is -3.81. The lowest BCUT2D eigenvalue weighted by molar-refractivity contribution is -0.123. The lowest BCUT2D eigenvalue weighted by Gasteiger charge is -2.20. The first-order valence-electron chi connectivity index (χ1n) is 10.6. The largest absolute Gasteiger partial charge is 0.441 e. The first kappa shape index (κ1) is 20.1. The third kappa shape index (κ3) is 3.28. The van der Waals surface area contributed by atoms with Crippen molar-refractivity contribution in [1.82, 2.24) is 9.99 Å². The maximum absolute atomic E-state index is 13.2. The van der Waals surface area contributed by atoms with Gasteiger partial charge in [-0.2, -0.15) is 5.11 Å². The van der Waals surface area contributed by atoms with E-state index in [1.807, 2.05) is 61.5 Å². The molecule has 5 rings (SSSR count). The summed E-state index contributed by atoms with van der Waals surface area (Å²) >= 11 is 0. The molecule has 2 amide bonds. The molecule has 2 atom stereocenters. The number of aromatic nitrogens is 1. The fourth-order valence-electron chi connectivity index (χ4n) is 4.05. The van der Waals surface area contributed by atoms with Gasteiger partial charge in [0.2, 0.25) is 5.89 Å². The molecule has 3 aromatic rings. The molecule has 8 heteroatoms. The van der Waals surface area contributed by atoms with Crippen molar-refractivity contribution in [2.45, 2.75) is 45.3 Å². The summed E-state index contributed by atoms with van der Waals surface area (Å²) in [5.41, 5.74) is 3.22. The molecular weight excluding hydrogens is 406 g/mol. The zero-order chi connectivity index (χ0) is 22.4. The van der Waals surface area contributed by atoms with E-state index in [-0.39, 0.29) is 18.4 Å². The maximum Gasteiger partial charge on any atom is 0.263 e. The molecule has 162 valence electrons. The van der Waals surface area contributed by atoms with Crippen LogP contribution in [0.4, 0.5) is 5.69 Å². The molecule has 8 nitrogen and oxygen atoms in total. The highest BCUT2D eigenvalue weighted by molar-refractivity contribution is 6.25. The first-order valence-corrected chi connectivity index (χ1v) is 10.6. The van der Waals surface area contributed by atoms with Crippen LogP contribution in [0.5, 0.6) is 0 Å². The van der Waals surface area contributed by atoms with Gasteiger partial charge in [0, 0.05) is 5.56 Å². The number of rotatable bonds is 5. The molecule has 1 saturated heterocycles. The van der Waals surface area contributed by atoms with Crippen LogP contribution < -0.4 is 4.90 Å². The van der Waals surface area contributed by atoms with Gasteiger partial charge in [-0.05, 0) is 42.7 Å². The van der Waals surface area contributed by atoms with Crippen molar-refractivity contribution in [3.05, 3.63) is 71.6 Å². The fraction of sp³-hybridized carbons (Fsp3) is 0.292. The van der Waals surface area contributed by atoms with Crippen LogP contribution in [0, 0.1) is 6.92 Å². The third-order valence-electron chi connectivity index (χ3n) is 5.90. The number of hydrogen-bond acceptors (Lipinski definition) is 7. The van der Waals surface area contributed by atoms with Crippen LogP contribution in [0.2, 0.25) is 0 Å². The van der Waals surface area contributed by atoms with E-state index >= 15 is 0 Å². The SMILES string of the molecule is Cc1oc(-c2ccccc2)nc1CN1N=N[C@H]2C(=O)N(c3ccc(C(C)C)cc3)C(=O)[C@@H]21. The summed E-state index contributed by atoms with van der Waals surface area (Å²) in [4.78, 5) is 32.0. The van der Waals surface area contributed by atoms with Gasteiger partial charge in [-0.1, -0.05) is 49.4 Å². The molecule has 0 saturated carbocycles. The number of imide groups is 1. The van der Waals surface area contributed by atoms with Crippen molar-refractivity contribution in [2.24, 2.45) is 10.3 Å². The first-order chi connectivity index (χ1) is 15.4. The summed E-state index contributed by atoms with van der Waals surface area (Å²) in [7, 11) is 0. The van der Waals surface area contributed by atoms with E-state index in [0.29, 0.717) is 29.0 Å². The summed E-state index contributed by atoms with van der Waals surface area (Å²) in [6.07, 6.45) is 0. The van der Waals surface area contributed by atoms with Crippen molar-refractivity contribution in [3.63, 3.8) is 0 Å². The topological polar surface area (TPSA) is 91.4 Å². The molecule has 2 aromatic carbocycles. The molecule has 0 radical (unpaired) electrons. The molecule has 0 aliphatic carbocycles. The molecule has 1 aromatic heterocycles. The summed E-state index contributed by atoms with van der Waals surface area (Å²) in [5.74, 6) is 0.827. The van der Waals surface area contributed by atoms with E-state index in [9.17, 15) is 9.59 Å². The monoisotopic (exact) mass is 429 g/mol. The van der Waals surface area contributed by atoms with Gasteiger partial charge in [-0.15, -0.1) is 0 Å².